The fourth-order valence-electron chi connectivity index (χ4n) is 2.40. The molecule has 0 aliphatic carbocycles. The molecule has 122 valence electrons. The van der Waals surface area contributed by atoms with Gasteiger partial charge in [0.25, 0.3) is 5.91 Å². The van der Waals surface area contributed by atoms with Crippen molar-refractivity contribution < 1.29 is 4.79 Å². The van der Waals surface area contributed by atoms with Gasteiger partial charge in [-0.15, -0.1) is 10.2 Å². The smallest absolute Gasteiger partial charge is 0.278 e. The van der Waals surface area contributed by atoms with Crippen molar-refractivity contribution in [3.8, 4) is 11.6 Å². The van der Waals surface area contributed by atoms with Gasteiger partial charge < -0.3 is 4.90 Å². The second kappa shape index (κ2) is 6.08. The summed E-state index contributed by atoms with van der Waals surface area (Å²) in [5.41, 5.74) is 1.57. The van der Waals surface area contributed by atoms with Gasteiger partial charge >= 0.3 is 0 Å². The lowest BCUT2D eigenvalue weighted by atomic mass is 10.2. The Morgan fingerprint density at radius 1 is 0.960 bits per heavy atom. The molecule has 0 spiro atoms. The molecule has 0 radical (unpaired) electrons. The van der Waals surface area contributed by atoms with Gasteiger partial charge in [-0.3, -0.25) is 4.79 Å². The Kier molecular flexibility index (Phi) is 3.62. The van der Waals surface area contributed by atoms with E-state index in [1.54, 1.807) is 37.6 Å². The molecule has 0 aliphatic rings. The highest BCUT2D eigenvalue weighted by atomic mass is 16.2. The van der Waals surface area contributed by atoms with E-state index in [-0.39, 0.29) is 11.6 Å². The monoisotopic (exact) mass is 331 g/mol. The van der Waals surface area contributed by atoms with E-state index in [0.717, 1.165) is 5.69 Å². The van der Waals surface area contributed by atoms with E-state index < -0.39 is 0 Å². The molecular formula is C17H13N7O. The van der Waals surface area contributed by atoms with Crippen molar-refractivity contribution in [3.05, 3.63) is 66.6 Å². The summed E-state index contributed by atoms with van der Waals surface area (Å²) in [5, 5.41) is 12.5. The maximum absolute atomic E-state index is 12.7. The van der Waals surface area contributed by atoms with E-state index >= 15 is 0 Å². The van der Waals surface area contributed by atoms with Crippen LogP contribution in [0.15, 0.2) is 60.9 Å². The third-order valence-electron chi connectivity index (χ3n) is 3.70. The number of benzene rings is 1. The van der Waals surface area contributed by atoms with Gasteiger partial charge in [0.2, 0.25) is 5.82 Å². The van der Waals surface area contributed by atoms with Gasteiger partial charge in [-0.05, 0) is 30.3 Å². The normalized spacial score (nSPS) is 10.8. The van der Waals surface area contributed by atoms with E-state index in [2.05, 4.69) is 25.3 Å². The fourth-order valence-corrected chi connectivity index (χ4v) is 2.40. The molecule has 0 saturated carbocycles. The van der Waals surface area contributed by atoms with Crippen LogP contribution in [0.1, 0.15) is 10.5 Å². The Morgan fingerprint density at radius 2 is 1.72 bits per heavy atom. The van der Waals surface area contributed by atoms with Crippen LogP contribution >= 0.6 is 0 Å². The van der Waals surface area contributed by atoms with Crippen LogP contribution < -0.4 is 4.90 Å². The minimum atomic E-state index is -0.235. The Bertz CT molecular complexity index is 1030. The second-order valence-electron chi connectivity index (χ2n) is 5.28. The number of rotatable bonds is 3. The predicted octanol–water partition coefficient (Wildman–Crippen LogP) is 1.86. The number of para-hydroxylation sites is 1. The van der Waals surface area contributed by atoms with Crippen molar-refractivity contribution in [2.24, 2.45) is 0 Å². The molecule has 3 heterocycles. The Balaban J connectivity index is 1.75. The number of hydrogen-bond acceptors (Lipinski definition) is 6. The average Bonchev–Trinajstić information content (AvgIpc) is 3.11. The summed E-state index contributed by atoms with van der Waals surface area (Å²) in [4.78, 5) is 22.6. The van der Waals surface area contributed by atoms with Crippen LogP contribution in [-0.4, -0.2) is 42.7 Å². The van der Waals surface area contributed by atoms with Crippen LogP contribution in [0.4, 0.5) is 5.69 Å². The van der Waals surface area contributed by atoms with E-state index in [1.807, 2.05) is 30.3 Å². The van der Waals surface area contributed by atoms with E-state index in [0.29, 0.717) is 17.3 Å². The molecule has 25 heavy (non-hydrogen) atoms. The number of aromatic nitrogens is 6. The van der Waals surface area contributed by atoms with Crippen molar-refractivity contribution in [1.29, 1.82) is 0 Å². The van der Waals surface area contributed by atoms with Gasteiger partial charge in [0, 0.05) is 25.1 Å². The summed E-state index contributed by atoms with van der Waals surface area (Å²) in [6, 6.07) is 14.4. The highest BCUT2D eigenvalue weighted by Gasteiger charge is 2.18. The molecule has 1 aromatic carbocycles. The Labute approximate surface area is 142 Å². The summed E-state index contributed by atoms with van der Waals surface area (Å²) >= 11 is 0. The maximum Gasteiger partial charge on any atom is 0.278 e. The average molecular weight is 331 g/mol. The maximum atomic E-state index is 12.7. The summed E-state index contributed by atoms with van der Waals surface area (Å²) in [7, 11) is 1.71. The fraction of sp³-hybridized carbons (Fsp3) is 0.0588. The highest BCUT2D eigenvalue weighted by molar-refractivity contribution is 6.04. The molecule has 4 rings (SSSR count). The first-order chi connectivity index (χ1) is 12.2. The largest absolute Gasteiger partial charge is 0.310 e. The van der Waals surface area contributed by atoms with Crippen molar-refractivity contribution in [1.82, 2.24) is 29.8 Å². The molecule has 8 heteroatoms. The van der Waals surface area contributed by atoms with Crippen molar-refractivity contribution in [2.45, 2.75) is 0 Å². The van der Waals surface area contributed by atoms with Crippen molar-refractivity contribution in [3.63, 3.8) is 0 Å². The number of fused-ring (bicyclic) bond motifs is 1. The minimum Gasteiger partial charge on any atom is -0.310 e. The number of nitrogens with zero attached hydrogens (tertiary/aromatic N) is 7. The van der Waals surface area contributed by atoms with Crippen LogP contribution in [-0.2, 0) is 0 Å². The Hall–Kier alpha value is -3.68. The van der Waals surface area contributed by atoms with Gasteiger partial charge in [-0.1, -0.05) is 18.2 Å². The second-order valence-corrected chi connectivity index (χ2v) is 5.28. The van der Waals surface area contributed by atoms with Gasteiger partial charge in [0.05, 0.1) is 0 Å². The van der Waals surface area contributed by atoms with Gasteiger partial charge in [-0.2, -0.15) is 9.61 Å². The first kappa shape index (κ1) is 14.9. The van der Waals surface area contributed by atoms with Gasteiger partial charge in [-0.25, -0.2) is 9.97 Å². The van der Waals surface area contributed by atoms with Crippen molar-refractivity contribution >= 4 is 17.2 Å². The predicted molar refractivity (Wildman–Crippen MR) is 91.0 cm³/mol. The van der Waals surface area contributed by atoms with Gasteiger partial charge in [0.15, 0.2) is 11.5 Å². The molecule has 8 nitrogen and oxygen atoms in total. The third kappa shape index (κ3) is 2.69. The summed E-state index contributed by atoms with van der Waals surface area (Å²) in [5.74, 6) is 0.540. The molecule has 0 aliphatic heterocycles. The summed E-state index contributed by atoms with van der Waals surface area (Å²) in [6.07, 6.45) is 3.23. The molecule has 3 aromatic heterocycles. The zero-order valence-corrected chi connectivity index (χ0v) is 13.3. The van der Waals surface area contributed by atoms with Crippen molar-refractivity contribution in [2.75, 3.05) is 11.9 Å². The number of anilines is 1. The summed E-state index contributed by atoms with van der Waals surface area (Å²) < 4.78 is 1.47. The molecule has 0 N–H and O–H groups in total. The highest BCUT2D eigenvalue weighted by Crippen LogP contribution is 2.16. The first-order valence-electron chi connectivity index (χ1n) is 7.57. The number of amides is 1. The van der Waals surface area contributed by atoms with Crippen LogP contribution in [0.2, 0.25) is 0 Å². The van der Waals surface area contributed by atoms with Gasteiger partial charge in [0.1, 0.15) is 5.69 Å². The van der Waals surface area contributed by atoms with E-state index in [9.17, 15) is 4.79 Å². The quantitative estimate of drug-likeness (QED) is 0.569. The topological polar surface area (TPSA) is 89.2 Å². The molecule has 0 bridgehead atoms. The number of carbonyl (C=O) groups is 1. The molecule has 0 atom stereocenters. The number of hydrogen-bond donors (Lipinski definition) is 0. The molecule has 0 saturated heterocycles. The molecule has 4 aromatic rings. The van der Waals surface area contributed by atoms with Crippen LogP contribution in [0, 0.1) is 0 Å². The van der Waals surface area contributed by atoms with E-state index in [1.165, 1.54) is 9.42 Å². The first-order valence-corrected chi connectivity index (χ1v) is 7.57. The lowest BCUT2D eigenvalue weighted by Crippen LogP contribution is -2.27. The summed E-state index contributed by atoms with van der Waals surface area (Å²) in [6.45, 7) is 0. The van der Waals surface area contributed by atoms with Crippen LogP contribution in [0.5, 0.6) is 0 Å². The zero-order chi connectivity index (χ0) is 17.2. The SMILES string of the molecule is CN(C(=O)c1ccc2nnc(-c3ncccn3)n2n1)c1ccccc1. The minimum absolute atomic E-state index is 0.235. The number of carbonyl (C=O) groups excluding carboxylic acids is 1. The Morgan fingerprint density at radius 3 is 2.48 bits per heavy atom. The third-order valence-corrected chi connectivity index (χ3v) is 3.70. The molecular weight excluding hydrogens is 318 g/mol. The van der Waals surface area contributed by atoms with Crippen LogP contribution in [0.25, 0.3) is 17.3 Å². The standard InChI is InChI=1S/C17H13N7O/c1-23(12-6-3-2-4-7-12)17(25)13-8-9-14-20-21-16(24(14)22-13)15-18-10-5-11-19-15/h2-11H,1H3. The lowest BCUT2D eigenvalue weighted by molar-refractivity contribution is 0.0987. The molecule has 0 unspecified atom stereocenters. The zero-order valence-electron chi connectivity index (χ0n) is 13.3. The lowest BCUT2D eigenvalue weighted by Gasteiger charge is -2.16. The van der Waals surface area contributed by atoms with Crippen LogP contribution in [0.3, 0.4) is 0 Å². The van der Waals surface area contributed by atoms with E-state index in [4.69, 9.17) is 0 Å². The molecule has 1 amide bonds. The molecule has 0 fully saturated rings.